The summed E-state index contributed by atoms with van der Waals surface area (Å²) >= 11 is 0. The van der Waals surface area contributed by atoms with Gasteiger partial charge in [0.2, 0.25) is 5.43 Å². The van der Waals surface area contributed by atoms with Crippen LogP contribution in [0.15, 0.2) is 102 Å². The molecular formula is C37H39NO7. The second-order valence-electron chi connectivity index (χ2n) is 11.9. The molecule has 8 nitrogen and oxygen atoms in total. The largest absolute Gasteiger partial charge is 0.482 e. The minimum absolute atomic E-state index is 0.0145. The molecule has 0 aliphatic rings. The molecule has 0 fully saturated rings. The summed E-state index contributed by atoms with van der Waals surface area (Å²) in [6.07, 6.45) is 1.34. The minimum atomic E-state index is -0.808. The smallest absolute Gasteiger partial charge is 0.358 e. The topological polar surface area (TPSA) is 101 Å². The van der Waals surface area contributed by atoms with Gasteiger partial charge in [-0.3, -0.25) is 14.4 Å². The lowest BCUT2D eigenvalue weighted by atomic mass is 9.78. The van der Waals surface area contributed by atoms with Crippen molar-refractivity contribution in [2.24, 2.45) is 5.92 Å². The molecule has 0 saturated heterocycles. The van der Waals surface area contributed by atoms with Crippen molar-refractivity contribution < 1.29 is 28.6 Å². The Morgan fingerprint density at radius 3 is 1.84 bits per heavy atom. The first-order chi connectivity index (χ1) is 21.5. The van der Waals surface area contributed by atoms with E-state index in [0.717, 1.165) is 16.7 Å². The molecule has 0 saturated carbocycles. The van der Waals surface area contributed by atoms with E-state index in [1.165, 1.54) is 24.8 Å². The van der Waals surface area contributed by atoms with Crippen LogP contribution in [-0.4, -0.2) is 35.0 Å². The number of ether oxygens (including phenoxy) is 3. The first-order valence-electron chi connectivity index (χ1n) is 14.8. The van der Waals surface area contributed by atoms with E-state index >= 15 is 0 Å². The van der Waals surface area contributed by atoms with Crippen LogP contribution in [0.4, 0.5) is 0 Å². The maximum atomic E-state index is 13.6. The Hall–Kier alpha value is -4.98. The van der Waals surface area contributed by atoms with Gasteiger partial charge in [-0.25, -0.2) is 4.79 Å². The van der Waals surface area contributed by atoms with Crippen LogP contribution >= 0.6 is 0 Å². The van der Waals surface area contributed by atoms with Crippen LogP contribution in [0.3, 0.4) is 0 Å². The van der Waals surface area contributed by atoms with E-state index in [2.05, 4.69) is 0 Å². The highest BCUT2D eigenvalue weighted by Gasteiger charge is 2.33. The van der Waals surface area contributed by atoms with E-state index in [1.807, 2.05) is 91.0 Å². The fraction of sp³-hybridized carbons (Fsp3) is 0.297. The van der Waals surface area contributed by atoms with Gasteiger partial charge in [0, 0.05) is 18.7 Å². The Labute approximate surface area is 263 Å². The van der Waals surface area contributed by atoms with Crippen LogP contribution in [-0.2, 0) is 27.4 Å². The van der Waals surface area contributed by atoms with Gasteiger partial charge in [-0.05, 0) is 50.3 Å². The number of methoxy groups -OCH3 is 1. The molecule has 8 heteroatoms. The summed E-state index contributed by atoms with van der Waals surface area (Å²) in [6.45, 7) is 6.74. The maximum Gasteiger partial charge on any atom is 0.358 e. The summed E-state index contributed by atoms with van der Waals surface area (Å²) < 4.78 is 18.4. The summed E-state index contributed by atoms with van der Waals surface area (Å²) in [5.41, 5.74) is 0.960. The Balaban J connectivity index is 1.91. The van der Waals surface area contributed by atoms with Gasteiger partial charge in [0.05, 0.1) is 19.1 Å². The number of carbonyl (C=O) groups excluding carboxylic acids is 3. The molecule has 0 bridgehead atoms. The first kappa shape index (κ1) is 32.9. The molecule has 0 spiro atoms. The third kappa shape index (κ3) is 8.56. The molecule has 45 heavy (non-hydrogen) atoms. The normalized spacial score (nSPS) is 12.0. The van der Waals surface area contributed by atoms with Crippen molar-refractivity contribution in [3.8, 4) is 5.75 Å². The number of Topliss-reactive ketones (excluding diaryl/α,β-unsaturated/α-hetero) is 1. The molecule has 1 heterocycles. The highest BCUT2D eigenvalue weighted by Crippen LogP contribution is 2.36. The Morgan fingerprint density at radius 2 is 1.36 bits per heavy atom. The molecule has 234 valence electrons. The molecule has 0 N–H and O–H groups in total. The average molecular weight is 610 g/mol. The van der Waals surface area contributed by atoms with Gasteiger partial charge in [0.1, 0.15) is 12.2 Å². The van der Waals surface area contributed by atoms with Gasteiger partial charge >= 0.3 is 11.9 Å². The SMILES string of the molecule is COC(=O)c1c(OCc2ccccc2)c(=O)c(C(C)=O)cn1C[C@H](CC(=O)OC(C)(C)C)C(c1ccccc1)c1ccccc1. The Kier molecular flexibility index (Phi) is 10.7. The van der Waals surface area contributed by atoms with Crippen molar-refractivity contribution in [2.45, 2.75) is 58.8 Å². The lowest BCUT2D eigenvalue weighted by Crippen LogP contribution is -2.32. The van der Waals surface area contributed by atoms with Gasteiger partial charge < -0.3 is 18.8 Å². The average Bonchev–Trinajstić information content (AvgIpc) is 3.01. The van der Waals surface area contributed by atoms with Crippen LogP contribution < -0.4 is 10.2 Å². The fourth-order valence-corrected chi connectivity index (χ4v) is 5.40. The van der Waals surface area contributed by atoms with E-state index in [1.54, 1.807) is 20.8 Å². The molecule has 1 atom stereocenters. The predicted molar refractivity (Wildman–Crippen MR) is 171 cm³/mol. The fourth-order valence-electron chi connectivity index (χ4n) is 5.40. The van der Waals surface area contributed by atoms with Crippen molar-refractivity contribution in [3.05, 3.63) is 135 Å². The number of ketones is 1. The quantitative estimate of drug-likeness (QED) is 0.132. The molecule has 3 aromatic carbocycles. The maximum absolute atomic E-state index is 13.6. The van der Waals surface area contributed by atoms with E-state index in [-0.39, 0.29) is 42.5 Å². The number of benzene rings is 3. The van der Waals surface area contributed by atoms with E-state index < -0.39 is 34.7 Å². The second kappa shape index (κ2) is 14.7. The van der Waals surface area contributed by atoms with Crippen molar-refractivity contribution in [1.82, 2.24) is 4.57 Å². The zero-order chi connectivity index (χ0) is 32.6. The molecular weight excluding hydrogens is 570 g/mol. The monoisotopic (exact) mass is 609 g/mol. The minimum Gasteiger partial charge on any atom is -0.482 e. The van der Waals surface area contributed by atoms with Crippen molar-refractivity contribution in [2.75, 3.05) is 7.11 Å². The summed E-state index contributed by atoms with van der Waals surface area (Å²) in [5, 5.41) is 0. The third-order valence-electron chi connectivity index (χ3n) is 7.29. The van der Waals surface area contributed by atoms with E-state index in [4.69, 9.17) is 14.2 Å². The van der Waals surface area contributed by atoms with Gasteiger partial charge in [-0.15, -0.1) is 0 Å². The number of pyridine rings is 1. The molecule has 0 aliphatic heterocycles. The number of aromatic nitrogens is 1. The zero-order valence-electron chi connectivity index (χ0n) is 26.3. The molecule has 0 unspecified atom stereocenters. The van der Waals surface area contributed by atoms with Crippen LogP contribution in [0.2, 0.25) is 0 Å². The standard InChI is InChI=1S/C37H39NO7/c1-25(39)30-23-38(33(36(42)43-5)35(34(30)41)44-24-26-15-9-6-10-16-26)22-29(21-31(40)45-37(2,3)4)32(27-17-11-7-12-18-27)28-19-13-8-14-20-28/h6-20,23,29,32H,21-22,24H2,1-5H3/t29-/m0/s1. The molecule has 1 aromatic heterocycles. The lowest BCUT2D eigenvalue weighted by molar-refractivity contribution is -0.156. The van der Waals surface area contributed by atoms with Gasteiger partial charge in [-0.1, -0.05) is 91.0 Å². The van der Waals surface area contributed by atoms with Gasteiger partial charge in [0.25, 0.3) is 0 Å². The number of hydrogen-bond acceptors (Lipinski definition) is 7. The highest BCUT2D eigenvalue weighted by atomic mass is 16.6. The van der Waals surface area contributed by atoms with Gasteiger partial charge in [-0.2, -0.15) is 0 Å². The summed E-state index contributed by atoms with van der Waals surface area (Å²) in [7, 11) is 1.21. The van der Waals surface area contributed by atoms with Crippen LogP contribution in [0.1, 0.15) is 77.6 Å². The van der Waals surface area contributed by atoms with Crippen molar-refractivity contribution >= 4 is 17.7 Å². The van der Waals surface area contributed by atoms with Crippen LogP contribution in [0, 0.1) is 5.92 Å². The number of hydrogen-bond donors (Lipinski definition) is 0. The number of esters is 2. The lowest BCUT2D eigenvalue weighted by Gasteiger charge is -2.31. The number of rotatable bonds is 12. The second-order valence-corrected chi connectivity index (χ2v) is 11.9. The van der Waals surface area contributed by atoms with Crippen LogP contribution in [0.5, 0.6) is 5.75 Å². The highest BCUT2D eigenvalue weighted by molar-refractivity contribution is 5.96. The van der Waals surface area contributed by atoms with Crippen molar-refractivity contribution in [1.29, 1.82) is 0 Å². The van der Waals surface area contributed by atoms with Crippen LogP contribution in [0.25, 0.3) is 0 Å². The zero-order valence-corrected chi connectivity index (χ0v) is 26.3. The molecule has 0 aliphatic carbocycles. The summed E-state index contributed by atoms with van der Waals surface area (Å²) in [5.74, 6) is -2.81. The summed E-state index contributed by atoms with van der Waals surface area (Å²) in [4.78, 5) is 53.1. The van der Waals surface area contributed by atoms with E-state index in [0.29, 0.717) is 0 Å². The third-order valence-corrected chi connectivity index (χ3v) is 7.29. The summed E-state index contributed by atoms with van der Waals surface area (Å²) in [6, 6.07) is 28.7. The molecule has 0 radical (unpaired) electrons. The Bertz CT molecular complexity index is 1630. The first-order valence-corrected chi connectivity index (χ1v) is 14.8. The predicted octanol–water partition coefficient (Wildman–Crippen LogP) is 6.60. The Morgan fingerprint density at radius 1 is 0.822 bits per heavy atom. The van der Waals surface area contributed by atoms with E-state index in [9.17, 15) is 19.2 Å². The number of carbonyl (C=O) groups is 3. The van der Waals surface area contributed by atoms with Gasteiger partial charge in [0.15, 0.2) is 17.2 Å². The molecule has 4 rings (SSSR count). The molecule has 4 aromatic rings. The number of nitrogens with zero attached hydrogens (tertiary/aromatic N) is 1. The molecule has 0 amide bonds. The van der Waals surface area contributed by atoms with Crippen molar-refractivity contribution in [3.63, 3.8) is 0 Å².